The van der Waals surface area contributed by atoms with E-state index in [4.69, 9.17) is 15.3 Å². The van der Waals surface area contributed by atoms with Crippen molar-refractivity contribution in [1.29, 1.82) is 0 Å². The average molecular weight is 1180 g/mol. The minimum Gasteiger partial charge on any atom is -0.481 e. The third kappa shape index (κ3) is 36.3. The van der Waals surface area contributed by atoms with E-state index < -0.39 is 152 Å². The molecule has 476 valence electrons. The molecule has 8 atom stereocenters. The molecule has 0 aliphatic carbocycles. The van der Waals surface area contributed by atoms with Crippen LogP contribution in [0, 0.1) is 23.7 Å². The van der Waals surface area contributed by atoms with Crippen LogP contribution in [0.5, 0.6) is 0 Å². The van der Waals surface area contributed by atoms with Crippen molar-refractivity contribution in [3.05, 3.63) is 0 Å². The van der Waals surface area contributed by atoms with E-state index in [-0.39, 0.29) is 36.0 Å². The number of unbranched alkanes of at least 4 members (excludes halogenated alkanes) is 12. The predicted molar refractivity (Wildman–Crippen MR) is 309 cm³/mol. The zero-order valence-corrected chi connectivity index (χ0v) is 51.2. The number of carboxylic acids is 4. The fourth-order valence-corrected chi connectivity index (χ4v) is 8.11. The smallest absolute Gasteiger partial charge is 0.326 e. The second-order valence-electron chi connectivity index (χ2n) is 22.3. The highest BCUT2D eigenvalue weighted by molar-refractivity contribution is 5.97. The van der Waals surface area contributed by atoms with Gasteiger partial charge in [-0.1, -0.05) is 139 Å². The Hall–Kier alpha value is -6.89. The predicted octanol–water partition coefficient (Wildman–Crippen LogP) is 3.42. The second kappa shape index (κ2) is 43.7. The number of aliphatic carboxylic acids is 4. The van der Waals surface area contributed by atoms with Crippen LogP contribution in [0.4, 0.5) is 0 Å². The van der Waals surface area contributed by atoms with Gasteiger partial charge in [0.2, 0.25) is 53.2 Å². The van der Waals surface area contributed by atoms with Crippen molar-refractivity contribution < 1.29 is 82.8 Å². The third-order valence-corrected chi connectivity index (χ3v) is 13.4. The normalized spacial score (nSPS) is 13.9. The zero-order valence-electron chi connectivity index (χ0n) is 51.2. The number of amides is 9. The molecule has 0 aliphatic heterocycles. The third-order valence-electron chi connectivity index (χ3n) is 13.4. The highest BCUT2D eigenvalue weighted by Crippen LogP contribution is 2.15. The molecule has 13 N–H and O–H groups in total. The van der Waals surface area contributed by atoms with Crippen molar-refractivity contribution in [1.82, 2.24) is 47.9 Å². The van der Waals surface area contributed by atoms with Crippen molar-refractivity contribution in [2.75, 3.05) is 7.05 Å². The highest BCUT2D eigenvalue weighted by Gasteiger charge is 2.35. The SMILES string of the molecule is CC(C)C(=O)N[C@@H](CCC(=O)O)C(=O)N[C@H](CCC(=O)O)C(=O)N[C@@H](CCC(=O)O)C(=O)O.CCCCCCCCCCCCCCCC(=O)N[C@H](C(=O)N[C@@H](C(=O)N[C@H](C(=O)N[C@H](C)C(=O)N[C@@H](C)C(=O)NC)C(C)C)C(C)C)C(C)C. The second-order valence-corrected chi connectivity index (χ2v) is 22.3. The molecule has 0 heterocycles. The summed E-state index contributed by atoms with van der Waals surface area (Å²) in [7, 11) is 1.46. The Morgan fingerprint density at radius 1 is 0.325 bits per heavy atom. The molecule has 0 saturated carbocycles. The molecular weight excluding hydrogens is 1080 g/mol. The summed E-state index contributed by atoms with van der Waals surface area (Å²) in [6, 6.07) is -9.04. The molecule has 0 unspecified atom stereocenters. The lowest BCUT2D eigenvalue weighted by atomic mass is 9.97. The number of hydrogen-bond acceptors (Lipinski definition) is 13. The largest absolute Gasteiger partial charge is 0.481 e. The summed E-state index contributed by atoms with van der Waals surface area (Å²) in [5.41, 5.74) is 0. The number of carbonyl (C=O) groups excluding carboxylic acids is 9. The number of likely N-dealkylation sites (N-methyl/N-ethyl adjacent to an activating group) is 1. The highest BCUT2D eigenvalue weighted by atomic mass is 16.4. The van der Waals surface area contributed by atoms with E-state index in [0.29, 0.717) is 6.42 Å². The van der Waals surface area contributed by atoms with E-state index in [9.17, 15) is 67.4 Å². The molecule has 0 spiro atoms. The summed E-state index contributed by atoms with van der Waals surface area (Å²) in [6.07, 6.45) is 13.3. The first kappa shape index (κ1) is 78.2. The Bertz CT molecular complexity index is 2090. The molecule has 9 amide bonds. The van der Waals surface area contributed by atoms with Crippen LogP contribution in [-0.4, -0.2) is 153 Å². The number of rotatable bonds is 43. The van der Waals surface area contributed by atoms with Crippen LogP contribution in [-0.2, 0) is 62.3 Å². The summed E-state index contributed by atoms with van der Waals surface area (Å²) in [5.74, 6) is -12.1. The molecule has 0 aromatic heterocycles. The lowest BCUT2D eigenvalue weighted by Crippen LogP contribution is -2.61. The molecule has 83 heavy (non-hydrogen) atoms. The Labute approximate surface area is 489 Å². The van der Waals surface area contributed by atoms with E-state index in [1.54, 1.807) is 27.7 Å². The maximum absolute atomic E-state index is 13.5. The molecule has 0 fully saturated rings. The van der Waals surface area contributed by atoms with Crippen molar-refractivity contribution in [3.8, 4) is 0 Å². The monoisotopic (exact) mass is 1180 g/mol. The minimum atomic E-state index is -1.61. The van der Waals surface area contributed by atoms with Crippen LogP contribution in [0.25, 0.3) is 0 Å². The van der Waals surface area contributed by atoms with Gasteiger partial charge in [-0.3, -0.25) is 57.5 Å². The Balaban J connectivity index is 0. The van der Waals surface area contributed by atoms with Gasteiger partial charge in [-0.05, 0) is 57.3 Å². The van der Waals surface area contributed by atoms with Crippen LogP contribution in [0.3, 0.4) is 0 Å². The van der Waals surface area contributed by atoms with Crippen LogP contribution in [0.1, 0.15) is 205 Å². The number of nitrogens with one attached hydrogen (secondary N) is 9. The zero-order chi connectivity index (χ0) is 63.9. The van der Waals surface area contributed by atoms with Gasteiger partial charge in [0.1, 0.15) is 48.3 Å². The van der Waals surface area contributed by atoms with Crippen LogP contribution < -0.4 is 47.9 Å². The summed E-state index contributed by atoms with van der Waals surface area (Å²) >= 11 is 0. The first-order valence-corrected chi connectivity index (χ1v) is 29.3. The maximum Gasteiger partial charge on any atom is 0.326 e. The van der Waals surface area contributed by atoms with Gasteiger partial charge in [0.25, 0.3) is 0 Å². The van der Waals surface area contributed by atoms with Gasteiger partial charge >= 0.3 is 23.9 Å². The van der Waals surface area contributed by atoms with E-state index in [1.807, 2.05) is 13.8 Å². The first-order valence-electron chi connectivity index (χ1n) is 29.3. The Morgan fingerprint density at radius 3 is 0.988 bits per heavy atom. The molecular formula is C57H101N9O17. The maximum atomic E-state index is 13.5. The van der Waals surface area contributed by atoms with Gasteiger partial charge in [-0.25, -0.2) is 4.79 Å². The van der Waals surface area contributed by atoms with Gasteiger partial charge < -0.3 is 68.3 Å². The molecule has 0 radical (unpaired) electrons. The summed E-state index contributed by atoms with van der Waals surface area (Å²) < 4.78 is 0. The van der Waals surface area contributed by atoms with E-state index in [2.05, 4.69) is 54.8 Å². The van der Waals surface area contributed by atoms with Crippen LogP contribution in [0.2, 0.25) is 0 Å². The molecule has 26 heteroatoms. The van der Waals surface area contributed by atoms with Gasteiger partial charge in [0, 0.05) is 38.6 Å². The number of carbonyl (C=O) groups is 13. The fraction of sp³-hybridized carbons (Fsp3) is 0.772. The summed E-state index contributed by atoms with van der Waals surface area (Å²) in [4.78, 5) is 158. The van der Waals surface area contributed by atoms with Crippen molar-refractivity contribution in [3.63, 3.8) is 0 Å². The van der Waals surface area contributed by atoms with Crippen molar-refractivity contribution >= 4 is 77.0 Å². The lowest BCUT2D eigenvalue weighted by molar-refractivity contribution is -0.144. The molecule has 0 rings (SSSR count). The van der Waals surface area contributed by atoms with E-state index in [0.717, 1.165) is 19.3 Å². The Morgan fingerprint density at radius 2 is 0.639 bits per heavy atom. The van der Waals surface area contributed by atoms with Gasteiger partial charge in [-0.2, -0.15) is 0 Å². The molecule has 0 aromatic rings. The quantitative estimate of drug-likeness (QED) is 0.0389. The van der Waals surface area contributed by atoms with Crippen molar-refractivity contribution in [2.45, 2.75) is 253 Å². The van der Waals surface area contributed by atoms with Crippen molar-refractivity contribution in [2.24, 2.45) is 23.7 Å². The summed E-state index contributed by atoms with van der Waals surface area (Å²) in [5, 5.41) is 58.3. The van der Waals surface area contributed by atoms with Gasteiger partial charge in [-0.15, -0.1) is 0 Å². The van der Waals surface area contributed by atoms with Crippen LogP contribution in [0.15, 0.2) is 0 Å². The molecule has 0 bridgehead atoms. The molecule has 0 aromatic carbocycles. The van der Waals surface area contributed by atoms with E-state index in [1.165, 1.54) is 99.0 Å². The number of hydrogen-bond donors (Lipinski definition) is 13. The van der Waals surface area contributed by atoms with Gasteiger partial charge in [0.15, 0.2) is 0 Å². The standard InChI is InChI=1S/C38H72N6O6.C19H29N3O11/c1-11-12-13-14-15-16-17-18-19-20-21-22-23-24-30(45)42-31(25(2)3)37(49)44-33(27(6)7)38(50)43-32(26(4)5)36(48)41-29(9)35(47)40-28(8)34(46)39-10;1-9(2)16(29)20-10(3-6-13(23)24)17(30)21-11(4-7-14(25)26)18(31)22-12(19(32)33)5-8-15(27)28/h25-29,31-33H,11-24H2,1-10H3,(H,39,46)(H,40,47)(H,41,48)(H,42,45)(H,43,50)(H,44,49);9-12H,3-8H2,1-2H3,(H,20,29)(H,21,30)(H,22,31)(H,23,24)(H,25,26)(H,27,28)(H,32,33)/t28-,29+,31-,32-,33+;10-,11+,12-/m00/s1. The average Bonchev–Trinajstić information content (AvgIpc) is 3.42. The summed E-state index contributed by atoms with van der Waals surface area (Å²) in [6.45, 7) is 19.1. The first-order chi connectivity index (χ1) is 38.8. The Kier molecular flexibility index (Phi) is 41.2. The minimum absolute atomic E-state index is 0.188. The fourth-order valence-electron chi connectivity index (χ4n) is 8.11. The molecule has 0 aliphatic rings. The lowest BCUT2D eigenvalue weighted by Gasteiger charge is -2.30. The van der Waals surface area contributed by atoms with Gasteiger partial charge in [0.05, 0.1) is 0 Å². The number of carboxylic acid groups (broad SMARTS) is 4. The van der Waals surface area contributed by atoms with E-state index >= 15 is 0 Å². The molecule has 26 nitrogen and oxygen atoms in total. The van der Waals surface area contributed by atoms with Crippen LogP contribution >= 0.6 is 0 Å². The molecule has 0 saturated heterocycles. The topological polar surface area (TPSA) is 411 Å².